The first-order chi connectivity index (χ1) is 12.9. The number of aromatic nitrogens is 3. The highest BCUT2D eigenvalue weighted by molar-refractivity contribution is 6.33. The second-order valence-electron chi connectivity index (χ2n) is 6.44. The number of likely N-dealkylation sites (N-methyl/N-ethyl adjacent to an activating group) is 1. The van der Waals surface area contributed by atoms with Crippen LogP contribution in [0.5, 0.6) is 0 Å². The third-order valence-corrected chi connectivity index (χ3v) is 4.84. The molecule has 0 spiro atoms. The van der Waals surface area contributed by atoms with E-state index in [4.69, 9.17) is 11.6 Å². The Hall–Kier alpha value is -2.52. The summed E-state index contributed by atoms with van der Waals surface area (Å²) in [7, 11) is 3.18. The summed E-state index contributed by atoms with van der Waals surface area (Å²) < 4.78 is 15.1. The lowest BCUT2D eigenvalue weighted by molar-refractivity contribution is -0.122. The summed E-state index contributed by atoms with van der Waals surface area (Å²) in [5.41, 5.74) is 0.682. The minimum Gasteiger partial charge on any atom is -0.358 e. The molecule has 1 aliphatic rings. The molecule has 2 atom stereocenters. The predicted molar refractivity (Wildman–Crippen MR) is 96.7 cm³/mol. The van der Waals surface area contributed by atoms with Gasteiger partial charge in [-0.2, -0.15) is 0 Å². The molecule has 2 heterocycles. The van der Waals surface area contributed by atoms with Gasteiger partial charge in [0.15, 0.2) is 0 Å². The van der Waals surface area contributed by atoms with Gasteiger partial charge in [-0.1, -0.05) is 16.8 Å². The number of nitrogens with zero attached hydrogens (tertiary/aromatic N) is 4. The fraction of sp³-hybridized carbons (Fsp3) is 0.412. The maximum absolute atomic E-state index is 13.4. The molecule has 1 saturated heterocycles. The molecular weight excluding hydrogens is 375 g/mol. The number of rotatable bonds is 5. The van der Waals surface area contributed by atoms with Crippen LogP contribution in [-0.2, 0) is 11.3 Å². The molecule has 1 aromatic heterocycles. The van der Waals surface area contributed by atoms with E-state index in [9.17, 15) is 14.0 Å². The Morgan fingerprint density at radius 1 is 1.48 bits per heavy atom. The fourth-order valence-electron chi connectivity index (χ4n) is 3.04. The Morgan fingerprint density at radius 3 is 3.00 bits per heavy atom. The molecule has 1 fully saturated rings. The van der Waals surface area contributed by atoms with E-state index >= 15 is 0 Å². The number of amides is 2. The van der Waals surface area contributed by atoms with Gasteiger partial charge in [0.25, 0.3) is 5.91 Å². The molecule has 0 radical (unpaired) electrons. The molecule has 1 aliphatic heterocycles. The van der Waals surface area contributed by atoms with Crippen LogP contribution in [0.2, 0.25) is 5.02 Å². The topological polar surface area (TPSA) is 92.2 Å². The second-order valence-corrected chi connectivity index (χ2v) is 6.85. The van der Waals surface area contributed by atoms with Gasteiger partial charge in [0, 0.05) is 20.6 Å². The summed E-state index contributed by atoms with van der Waals surface area (Å²) in [5.74, 6) is -0.993. The molecule has 1 aromatic carbocycles. The minimum atomic E-state index is -0.526. The van der Waals surface area contributed by atoms with Crippen LogP contribution in [0.4, 0.5) is 4.39 Å². The van der Waals surface area contributed by atoms with Gasteiger partial charge in [0.05, 0.1) is 35.4 Å². The van der Waals surface area contributed by atoms with E-state index in [-0.39, 0.29) is 35.1 Å². The summed E-state index contributed by atoms with van der Waals surface area (Å²) >= 11 is 5.99. The molecular formula is C17H20ClFN6O2. The van der Waals surface area contributed by atoms with Gasteiger partial charge < -0.3 is 15.5 Å². The Balaban J connectivity index is 1.64. The molecule has 0 unspecified atom stereocenters. The molecule has 3 rings (SSSR count). The van der Waals surface area contributed by atoms with E-state index in [1.807, 2.05) is 0 Å². The number of carbonyl (C=O) groups is 2. The highest BCUT2D eigenvalue weighted by Crippen LogP contribution is 2.21. The molecule has 2 N–H and O–H groups in total. The normalized spacial score (nSPS) is 19.1. The molecule has 0 saturated carbocycles. The Kier molecular flexibility index (Phi) is 5.71. The molecule has 144 valence electrons. The van der Waals surface area contributed by atoms with Crippen molar-refractivity contribution in [3.05, 3.63) is 46.5 Å². The molecule has 2 amide bonds. The molecule has 0 aliphatic carbocycles. The zero-order valence-corrected chi connectivity index (χ0v) is 15.7. The zero-order chi connectivity index (χ0) is 19.6. The maximum Gasteiger partial charge on any atom is 0.255 e. The van der Waals surface area contributed by atoms with Crippen molar-refractivity contribution < 1.29 is 14.0 Å². The van der Waals surface area contributed by atoms with Crippen LogP contribution in [0, 0.1) is 5.82 Å². The van der Waals surface area contributed by atoms with Crippen molar-refractivity contribution in [2.24, 2.45) is 0 Å². The van der Waals surface area contributed by atoms with Crippen molar-refractivity contribution in [3.63, 3.8) is 0 Å². The van der Waals surface area contributed by atoms with Crippen LogP contribution < -0.4 is 10.6 Å². The number of benzene rings is 1. The van der Waals surface area contributed by atoms with E-state index < -0.39 is 11.7 Å². The smallest absolute Gasteiger partial charge is 0.255 e. The number of carbonyl (C=O) groups excluding carboxylic acids is 2. The van der Waals surface area contributed by atoms with Crippen LogP contribution in [0.3, 0.4) is 0 Å². The van der Waals surface area contributed by atoms with Gasteiger partial charge in [0.1, 0.15) is 11.5 Å². The summed E-state index contributed by atoms with van der Waals surface area (Å²) in [6.07, 6.45) is 2.35. The van der Waals surface area contributed by atoms with E-state index in [2.05, 4.69) is 20.9 Å². The third-order valence-electron chi connectivity index (χ3n) is 4.51. The highest BCUT2D eigenvalue weighted by atomic mass is 35.5. The highest BCUT2D eigenvalue weighted by Gasteiger charge is 2.30. The van der Waals surface area contributed by atoms with Gasteiger partial charge in [-0.25, -0.2) is 9.07 Å². The number of halogens is 2. The maximum atomic E-state index is 13.4. The SMILES string of the molecule is CNC(=O)[C@@H]1C[C@@H](n2cc(CN(C)C(=O)c3cc(F)ccc3Cl)nn2)CN1. The van der Waals surface area contributed by atoms with Crippen LogP contribution in [0.1, 0.15) is 28.5 Å². The average Bonchev–Trinajstić information content (AvgIpc) is 3.31. The van der Waals surface area contributed by atoms with Crippen LogP contribution in [0.15, 0.2) is 24.4 Å². The lowest BCUT2D eigenvalue weighted by atomic mass is 10.1. The molecule has 10 heteroatoms. The summed E-state index contributed by atoms with van der Waals surface area (Å²) in [6.45, 7) is 0.805. The summed E-state index contributed by atoms with van der Waals surface area (Å²) in [5, 5.41) is 14.1. The van der Waals surface area contributed by atoms with Crippen molar-refractivity contribution in [2.75, 3.05) is 20.6 Å². The molecule has 2 aromatic rings. The van der Waals surface area contributed by atoms with E-state index in [1.54, 1.807) is 25.0 Å². The third kappa shape index (κ3) is 4.25. The number of hydrogen-bond donors (Lipinski definition) is 2. The summed E-state index contributed by atoms with van der Waals surface area (Å²) in [4.78, 5) is 25.6. The van der Waals surface area contributed by atoms with Gasteiger partial charge in [-0.3, -0.25) is 9.59 Å². The van der Waals surface area contributed by atoms with Crippen molar-refractivity contribution in [3.8, 4) is 0 Å². The molecule has 0 bridgehead atoms. The molecule has 27 heavy (non-hydrogen) atoms. The Labute approximate surface area is 160 Å². The van der Waals surface area contributed by atoms with Crippen molar-refractivity contribution in [1.29, 1.82) is 0 Å². The summed E-state index contributed by atoms with van der Waals surface area (Å²) in [6, 6.07) is 3.41. The van der Waals surface area contributed by atoms with Crippen LogP contribution in [0.25, 0.3) is 0 Å². The zero-order valence-electron chi connectivity index (χ0n) is 14.9. The quantitative estimate of drug-likeness (QED) is 0.789. The van der Waals surface area contributed by atoms with Gasteiger partial charge >= 0.3 is 0 Å². The standard InChI is InChI=1S/C17H20ClFN6O2/c1-20-16(26)15-6-12(7-21-15)25-9-11(22-23-25)8-24(2)17(27)13-5-10(19)3-4-14(13)18/h3-5,9,12,15,21H,6-8H2,1-2H3,(H,20,26)/t12-,15+/m1/s1. The Morgan fingerprint density at radius 2 is 2.26 bits per heavy atom. The number of nitrogens with one attached hydrogen (secondary N) is 2. The van der Waals surface area contributed by atoms with E-state index in [0.717, 1.165) is 6.07 Å². The first kappa shape index (κ1) is 19.2. The fourth-order valence-corrected chi connectivity index (χ4v) is 3.24. The first-order valence-electron chi connectivity index (χ1n) is 8.45. The monoisotopic (exact) mass is 394 g/mol. The van der Waals surface area contributed by atoms with Crippen molar-refractivity contribution >= 4 is 23.4 Å². The van der Waals surface area contributed by atoms with E-state index in [1.165, 1.54) is 17.0 Å². The molecule has 8 nitrogen and oxygen atoms in total. The van der Waals surface area contributed by atoms with Gasteiger partial charge in [0.2, 0.25) is 5.91 Å². The average molecular weight is 395 g/mol. The minimum absolute atomic E-state index is 0.00669. The van der Waals surface area contributed by atoms with Crippen molar-refractivity contribution in [2.45, 2.75) is 25.0 Å². The van der Waals surface area contributed by atoms with E-state index in [0.29, 0.717) is 18.7 Å². The second kappa shape index (κ2) is 8.01. The van der Waals surface area contributed by atoms with Crippen LogP contribution >= 0.6 is 11.6 Å². The largest absolute Gasteiger partial charge is 0.358 e. The lowest BCUT2D eigenvalue weighted by Crippen LogP contribution is -2.38. The van der Waals surface area contributed by atoms with Crippen molar-refractivity contribution in [1.82, 2.24) is 30.5 Å². The van der Waals surface area contributed by atoms with Crippen LogP contribution in [-0.4, -0.2) is 58.4 Å². The predicted octanol–water partition coefficient (Wildman–Crippen LogP) is 0.992. The first-order valence-corrected chi connectivity index (χ1v) is 8.83. The number of hydrogen-bond acceptors (Lipinski definition) is 5. The lowest BCUT2D eigenvalue weighted by Gasteiger charge is -2.16. The van der Waals surface area contributed by atoms with Gasteiger partial charge in [-0.05, 0) is 24.6 Å². The Bertz CT molecular complexity index is 858. The van der Waals surface area contributed by atoms with Gasteiger partial charge in [-0.15, -0.1) is 5.10 Å².